The van der Waals surface area contributed by atoms with Crippen LogP contribution in [0.1, 0.15) is 18.4 Å². The van der Waals surface area contributed by atoms with Crippen LogP contribution in [-0.4, -0.2) is 10.0 Å². The van der Waals surface area contributed by atoms with Crippen molar-refractivity contribution in [2.45, 2.75) is 18.4 Å². The molecule has 0 aliphatic heterocycles. The maximum Gasteiger partial charge on any atom is 0.288 e. The van der Waals surface area contributed by atoms with E-state index < -0.39 is 10.5 Å². The number of hydrogen-bond donors (Lipinski definition) is 1. The summed E-state index contributed by atoms with van der Waals surface area (Å²) in [5.74, 6) is 0. The molecule has 1 aliphatic rings. The number of nitro benzene ring substituents is 1. The molecular weight excluding hydrogens is 206 g/mol. The first-order valence-corrected chi connectivity index (χ1v) is 4.57. The summed E-state index contributed by atoms with van der Waals surface area (Å²) in [5, 5.41) is 20.4. The number of hydrogen-bond acceptors (Lipinski definition) is 3. The molecule has 0 heterocycles. The zero-order valence-corrected chi connectivity index (χ0v) is 7.99. The summed E-state index contributed by atoms with van der Waals surface area (Å²) in [6.45, 7) is 0. The van der Waals surface area contributed by atoms with E-state index in [2.05, 4.69) is 0 Å². The van der Waals surface area contributed by atoms with Crippen molar-refractivity contribution in [2.24, 2.45) is 0 Å². The average molecular weight is 214 g/mol. The van der Waals surface area contributed by atoms with Crippen LogP contribution in [0.4, 0.5) is 5.69 Å². The highest BCUT2D eigenvalue weighted by Crippen LogP contribution is 2.46. The van der Waals surface area contributed by atoms with Crippen LogP contribution < -0.4 is 0 Å². The molecule has 1 aromatic carbocycles. The lowest BCUT2D eigenvalue weighted by molar-refractivity contribution is -0.384. The van der Waals surface area contributed by atoms with Gasteiger partial charge in [-0.1, -0.05) is 17.7 Å². The van der Waals surface area contributed by atoms with Gasteiger partial charge in [0.15, 0.2) is 0 Å². The molecule has 5 heteroatoms. The summed E-state index contributed by atoms with van der Waals surface area (Å²) in [6.07, 6.45) is 1.32. The summed E-state index contributed by atoms with van der Waals surface area (Å²) in [7, 11) is 0. The Bertz CT molecular complexity index is 401. The molecule has 14 heavy (non-hydrogen) atoms. The molecule has 0 unspecified atom stereocenters. The quantitative estimate of drug-likeness (QED) is 0.605. The van der Waals surface area contributed by atoms with Crippen LogP contribution >= 0.6 is 11.6 Å². The van der Waals surface area contributed by atoms with E-state index in [0.717, 1.165) is 0 Å². The average Bonchev–Trinajstić information content (AvgIpc) is 2.85. The molecule has 0 saturated heterocycles. The Morgan fingerprint density at radius 1 is 1.50 bits per heavy atom. The zero-order valence-electron chi connectivity index (χ0n) is 7.24. The Morgan fingerprint density at radius 3 is 2.64 bits per heavy atom. The van der Waals surface area contributed by atoms with Crippen molar-refractivity contribution in [2.75, 3.05) is 0 Å². The van der Waals surface area contributed by atoms with Crippen LogP contribution in [0.5, 0.6) is 0 Å². The number of benzene rings is 1. The summed E-state index contributed by atoms with van der Waals surface area (Å²) in [5.41, 5.74) is -0.423. The Kier molecular flexibility index (Phi) is 1.97. The van der Waals surface area contributed by atoms with E-state index in [4.69, 9.17) is 11.6 Å². The zero-order chi connectivity index (χ0) is 10.3. The number of nitro groups is 1. The molecule has 2 rings (SSSR count). The second kappa shape index (κ2) is 2.93. The molecule has 0 radical (unpaired) electrons. The maximum atomic E-state index is 10.6. The third-order valence-electron chi connectivity index (χ3n) is 2.40. The molecule has 1 N–H and O–H groups in total. The predicted octanol–water partition coefficient (Wildman–Crippen LogP) is 2.23. The first-order valence-electron chi connectivity index (χ1n) is 4.20. The van der Waals surface area contributed by atoms with Gasteiger partial charge in [-0.3, -0.25) is 10.1 Å². The minimum atomic E-state index is -0.852. The molecule has 0 amide bonds. The van der Waals surface area contributed by atoms with Gasteiger partial charge in [-0.25, -0.2) is 0 Å². The lowest BCUT2D eigenvalue weighted by Gasteiger charge is -2.07. The van der Waals surface area contributed by atoms with Gasteiger partial charge >= 0.3 is 0 Å². The van der Waals surface area contributed by atoms with Gasteiger partial charge in [0.2, 0.25) is 0 Å². The summed E-state index contributed by atoms with van der Waals surface area (Å²) < 4.78 is 0. The van der Waals surface area contributed by atoms with Crippen molar-refractivity contribution in [1.29, 1.82) is 0 Å². The Labute approximate surface area is 85.3 Å². The van der Waals surface area contributed by atoms with Crippen LogP contribution in [0, 0.1) is 10.1 Å². The molecule has 1 saturated carbocycles. The minimum absolute atomic E-state index is 0.100. The van der Waals surface area contributed by atoms with Crippen LogP contribution in [0.3, 0.4) is 0 Å². The number of halogens is 1. The van der Waals surface area contributed by atoms with Gasteiger partial charge in [0.05, 0.1) is 10.5 Å². The fourth-order valence-electron chi connectivity index (χ4n) is 1.35. The van der Waals surface area contributed by atoms with E-state index in [-0.39, 0.29) is 10.7 Å². The summed E-state index contributed by atoms with van der Waals surface area (Å²) in [6, 6.07) is 4.42. The molecule has 74 valence electrons. The summed E-state index contributed by atoms with van der Waals surface area (Å²) in [4.78, 5) is 10.0. The highest BCUT2D eigenvalue weighted by Gasteiger charge is 2.42. The lowest BCUT2D eigenvalue weighted by Crippen LogP contribution is -2.04. The number of rotatable bonds is 2. The third kappa shape index (κ3) is 1.47. The molecule has 1 fully saturated rings. The predicted molar refractivity (Wildman–Crippen MR) is 51.2 cm³/mol. The Hall–Kier alpha value is -1.13. The largest absolute Gasteiger partial charge is 0.385 e. The van der Waals surface area contributed by atoms with Gasteiger partial charge in [-0.05, 0) is 24.5 Å². The molecular formula is C9H8ClNO3. The Morgan fingerprint density at radius 2 is 2.14 bits per heavy atom. The topological polar surface area (TPSA) is 63.4 Å². The molecule has 1 aromatic rings. The van der Waals surface area contributed by atoms with Crippen LogP contribution in [0.2, 0.25) is 5.02 Å². The SMILES string of the molecule is O=[N+]([O-])c1cc(C2(O)CC2)ccc1Cl. The molecule has 0 aromatic heterocycles. The van der Waals surface area contributed by atoms with Gasteiger partial charge in [0.1, 0.15) is 5.02 Å². The normalized spacial score (nSPS) is 17.9. The van der Waals surface area contributed by atoms with Gasteiger partial charge < -0.3 is 5.11 Å². The number of aliphatic hydroxyl groups is 1. The highest BCUT2D eigenvalue weighted by molar-refractivity contribution is 6.32. The summed E-state index contributed by atoms with van der Waals surface area (Å²) >= 11 is 5.64. The fourth-order valence-corrected chi connectivity index (χ4v) is 1.54. The van der Waals surface area contributed by atoms with E-state index in [1.807, 2.05) is 0 Å². The standard InChI is InChI=1S/C9H8ClNO3/c10-7-2-1-6(9(12)3-4-9)5-8(7)11(13)14/h1-2,5,12H,3-4H2. The van der Waals surface area contributed by atoms with Gasteiger partial charge in [0, 0.05) is 6.07 Å². The van der Waals surface area contributed by atoms with Crippen molar-refractivity contribution < 1.29 is 10.0 Å². The van der Waals surface area contributed by atoms with E-state index in [9.17, 15) is 15.2 Å². The van der Waals surface area contributed by atoms with Crippen molar-refractivity contribution in [3.63, 3.8) is 0 Å². The van der Waals surface area contributed by atoms with Crippen molar-refractivity contribution in [3.8, 4) is 0 Å². The molecule has 0 spiro atoms. The molecule has 0 atom stereocenters. The van der Waals surface area contributed by atoms with Crippen molar-refractivity contribution in [1.82, 2.24) is 0 Å². The second-order valence-corrected chi connectivity index (χ2v) is 3.86. The van der Waals surface area contributed by atoms with Crippen molar-refractivity contribution >= 4 is 17.3 Å². The van der Waals surface area contributed by atoms with E-state index in [1.165, 1.54) is 12.1 Å². The fraction of sp³-hybridized carbons (Fsp3) is 0.333. The van der Waals surface area contributed by atoms with E-state index >= 15 is 0 Å². The van der Waals surface area contributed by atoms with E-state index in [1.54, 1.807) is 6.07 Å². The highest BCUT2D eigenvalue weighted by atomic mass is 35.5. The van der Waals surface area contributed by atoms with Gasteiger partial charge in [-0.2, -0.15) is 0 Å². The van der Waals surface area contributed by atoms with Crippen LogP contribution in [-0.2, 0) is 5.60 Å². The minimum Gasteiger partial charge on any atom is -0.385 e. The number of nitrogens with zero attached hydrogens (tertiary/aromatic N) is 1. The monoisotopic (exact) mass is 213 g/mol. The van der Waals surface area contributed by atoms with E-state index in [0.29, 0.717) is 18.4 Å². The van der Waals surface area contributed by atoms with Crippen LogP contribution in [0.15, 0.2) is 18.2 Å². The molecule has 1 aliphatic carbocycles. The van der Waals surface area contributed by atoms with Crippen LogP contribution in [0.25, 0.3) is 0 Å². The lowest BCUT2D eigenvalue weighted by atomic mass is 10.1. The molecule has 0 bridgehead atoms. The Balaban J connectivity index is 2.46. The third-order valence-corrected chi connectivity index (χ3v) is 2.72. The smallest absolute Gasteiger partial charge is 0.288 e. The molecule has 4 nitrogen and oxygen atoms in total. The van der Waals surface area contributed by atoms with Crippen molar-refractivity contribution in [3.05, 3.63) is 38.9 Å². The van der Waals surface area contributed by atoms with Gasteiger partial charge in [0.25, 0.3) is 5.69 Å². The maximum absolute atomic E-state index is 10.6. The second-order valence-electron chi connectivity index (χ2n) is 3.45. The van der Waals surface area contributed by atoms with Gasteiger partial charge in [-0.15, -0.1) is 0 Å². The first kappa shape index (κ1) is 9.43. The first-order chi connectivity index (χ1) is 6.53.